The Kier molecular flexibility index (Phi) is 4.59. The van der Waals surface area contributed by atoms with Crippen LogP contribution in [0.4, 0.5) is 10.1 Å². The number of nitrogens with two attached hydrogens (primary N) is 1. The summed E-state index contributed by atoms with van der Waals surface area (Å²) >= 11 is 0. The molecule has 0 unspecified atom stereocenters. The van der Waals surface area contributed by atoms with Gasteiger partial charge in [-0.25, -0.2) is 4.39 Å². The summed E-state index contributed by atoms with van der Waals surface area (Å²) in [7, 11) is 0. The Morgan fingerprint density at radius 3 is 2.76 bits per heavy atom. The van der Waals surface area contributed by atoms with E-state index in [0.717, 1.165) is 0 Å². The van der Waals surface area contributed by atoms with Crippen LogP contribution in [-0.4, -0.2) is 23.0 Å². The first-order valence-electron chi connectivity index (χ1n) is 5.03. The molecule has 0 heterocycles. The van der Waals surface area contributed by atoms with Gasteiger partial charge in [-0.1, -0.05) is 6.07 Å². The summed E-state index contributed by atoms with van der Waals surface area (Å²) in [6.07, 6.45) is 0.0143. The molecule has 0 aliphatic heterocycles. The number of carboxylic acid groups (broad SMARTS) is 1. The van der Waals surface area contributed by atoms with E-state index < -0.39 is 23.7 Å². The van der Waals surface area contributed by atoms with Crippen molar-refractivity contribution in [1.29, 1.82) is 0 Å². The van der Waals surface area contributed by atoms with Gasteiger partial charge in [-0.15, -0.1) is 0 Å². The highest BCUT2D eigenvalue weighted by molar-refractivity contribution is 5.91. The molecule has 1 rings (SSSR count). The van der Waals surface area contributed by atoms with Gasteiger partial charge in [-0.3, -0.25) is 9.59 Å². The lowest BCUT2D eigenvalue weighted by Crippen LogP contribution is -2.31. The van der Waals surface area contributed by atoms with Crippen LogP contribution in [0.5, 0.6) is 0 Å². The number of carboxylic acids is 1. The lowest BCUT2D eigenvalue weighted by Gasteiger charge is -2.07. The zero-order valence-electron chi connectivity index (χ0n) is 9.02. The Morgan fingerprint density at radius 2 is 2.18 bits per heavy atom. The predicted octanol–water partition coefficient (Wildman–Crippen LogP) is 0.956. The van der Waals surface area contributed by atoms with Crippen molar-refractivity contribution in [2.45, 2.75) is 18.9 Å². The first-order valence-corrected chi connectivity index (χ1v) is 5.03. The Balaban J connectivity index is 2.42. The number of carbonyl (C=O) groups excluding carboxylic acids is 1. The molecular formula is C11H13FN2O3. The molecule has 0 radical (unpaired) electrons. The van der Waals surface area contributed by atoms with Crippen LogP contribution in [0.2, 0.25) is 0 Å². The molecule has 1 aromatic rings. The van der Waals surface area contributed by atoms with Crippen molar-refractivity contribution >= 4 is 17.6 Å². The summed E-state index contributed by atoms with van der Waals surface area (Å²) in [4.78, 5) is 21.8. The fourth-order valence-corrected chi connectivity index (χ4v) is 1.20. The highest BCUT2D eigenvalue weighted by Crippen LogP contribution is 2.09. The van der Waals surface area contributed by atoms with Crippen molar-refractivity contribution in [2.24, 2.45) is 5.73 Å². The molecule has 1 aromatic carbocycles. The zero-order chi connectivity index (χ0) is 12.8. The highest BCUT2D eigenvalue weighted by Gasteiger charge is 2.13. The predicted molar refractivity (Wildman–Crippen MR) is 59.9 cm³/mol. The van der Waals surface area contributed by atoms with Crippen molar-refractivity contribution in [1.82, 2.24) is 0 Å². The van der Waals surface area contributed by atoms with Crippen LogP contribution < -0.4 is 11.1 Å². The molecule has 1 amide bonds. The van der Waals surface area contributed by atoms with Crippen LogP contribution in [0.15, 0.2) is 24.3 Å². The van der Waals surface area contributed by atoms with E-state index in [9.17, 15) is 14.0 Å². The van der Waals surface area contributed by atoms with E-state index in [4.69, 9.17) is 10.8 Å². The fraction of sp³-hybridized carbons (Fsp3) is 0.273. The van der Waals surface area contributed by atoms with Crippen LogP contribution in [0.1, 0.15) is 12.8 Å². The zero-order valence-corrected chi connectivity index (χ0v) is 9.02. The van der Waals surface area contributed by atoms with E-state index >= 15 is 0 Å². The topological polar surface area (TPSA) is 92.4 Å². The maximum Gasteiger partial charge on any atom is 0.320 e. The average molecular weight is 240 g/mol. The summed E-state index contributed by atoms with van der Waals surface area (Å²) in [5.41, 5.74) is 5.58. The van der Waals surface area contributed by atoms with Crippen LogP contribution in [0.25, 0.3) is 0 Å². The second kappa shape index (κ2) is 5.95. The number of aliphatic carboxylic acids is 1. The third-order valence-corrected chi connectivity index (χ3v) is 2.11. The van der Waals surface area contributed by atoms with Gasteiger partial charge in [0.05, 0.1) is 0 Å². The van der Waals surface area contributed by atoms with Crippen molar-refractivity contribution < 1.29 is 19.1 Å². The number of amides is 1. The standard InChI is InChI=1S/C11H13FN2O3/c12-7-2-1-3-8(6-7)14-10(15)5-4-9(13)11(16)17/h1-3,6,9H,4-5,13H2,(H,14,15)(H,16,17)/t9-/m0/s1. The Morgan fingerprint density at radius 1 is 1.47 bits per heavy atom. The molecule has 92 valence electrons. The first-order chi connectivity index (χ1) is 7.99. The summed E-state index contributed by atoms with van der Waals surface area (Å²) in [5, 5.41) is 11.0. The van der Waals surface area contributed by atoms with E-state index in [-0.39, 0.29) is 12.8 Å². The maximum atomic E-state index is 12.8. The van der Waals surface area contributed by atoms with E-state index in [1.807, 2.05) is 0 Å². The molecule has 4 N–H and O–H groups in total. The van der Waals surface area contributed by atoms with E-state index in [1.165, 1.54) is 24.3 Å². The normalized spacial score (nSPS) is 11.9. The minimum absolute atomic E-state index is 0.0238. The molecule has 6 heteroatoms. The SMILES string of the molecule is N[C@@H](CCC(=O)Nc1cccc(F)c1)C(=O)O. The van der Waals surface area contributed by atoms with Crippen molar-refractivity contribution in [3.63, 3.8) is 0 Å². The quantitative estimate of drug-likeness (QED) is 0.714. The minimum atomic E-state index is -1.15. The third-order valence-electron chi connectivity index (χ3n) is 2.11. The van der Waals surface area contributed by atoms with Gasteiger partial charge in [0.2, 0.25) is 5.91 Å². The van der Waals surface area contributed by atoms with Crippen molar-refractivity contribution in [3.05, 3.63) is 30.1 Å². The van der Waals surface area contributed by atoms with Gasteiger partial charge in [0, 0.05) is 12.1 Å². The number of hydrogen-bond acceptors (Lipinski definition) is 3. The summed E-state index contributed by atoms with van der Waals surface area (Å²) in [6.45, 7) is 0. The minimum Gasteiger partial charge on any atom is -0.480 e. The van der Waals surface area contributed by atoms with Gasteiger partial charge in [-0.2, -0.15) is 0 Å². The molecule has 0 saturated heterocycles. The fourth-order valence-electron chi connectivity index (χ4n) is 1.20. The Labute approximate surface area is 97.4 Å². The smallest absolute Gasteiger partial charge is 0.320 e. The molecule has 0 fully saturated rings. The monoisotopic (exact) mass is 240 g/mol. The largest absolute Gasteiger partial charge is 0.480 e. The highest BCUT2D eigenvalue weighted by atomic mass is 19.1. The van der Waals surface area contributed by atoms with Crippen molar-refractivity contribution in [3.8, 4) is 0 Å². The molecule has 0 aromatic heterocycles. The van der Waals surface area contributed by atoms with E-state index in [0.29, 0.717) is 5.69 Å². The van der Waals surface area contributed by atoms with Crippen LogP contribution >= 0.6 is 0 Å². The number of carbonyl (C=O) groups is 2. The second-order valence-corrected chi connectivity index (χ2v) is 3.54. The van der Waals surface area contributed by atoms with Crippen molar-refractivity contribution in [2.75, 3.05) is 5.32 Å². The number of benzene rings is 1. The van der Waals surface area contributed by atoms with Gasteiger partial charge in [0.15, 0.2) is 0 Å². The molecule has 0 bridgehead atoms. The van der Waals surface area contributed by atoms with Gasteiger partial charge >= 0.3 is 5.97 Å². The van der Waals surface area contributed by atoms with Gasteiger partial charge in [0.1, 0.15) is 11.9 Å². The summed E-state index contributed by atoms with van der Waals surface area (Å²) in [5.74, 6) is -2.00. The van der Waals surface area contributed by atoms with Gasteiger partial charge < -0.3 is 16.2 Å². The first kappa shape index (κ1) is 13.1. The van der Waals surface area contributed by atoms with Gasteiger partial charge in [0.25, 0.3) is 0 Å². The average Bonchev–Trinajstić information content (AvgIpc) is 2.25. The Bertz CT molecular complexity index is 423. The summed E-state index contributed by atoms with van der Waals surface area (Å²) < 4.78 is 12.8. The molecule has 0 aliphatic rings. The van der Waals surface area contributed by atoms with E-state index in [1.54, 1.807) is 0 Å². The second-order valence-electron chi connectivity index (χ2n) is 3.54. The maximum absolute atomic E-state index is 12.8. The number of halogens is 1. The lowest BCUT2D eigenvalue weighted by atomic mass is 10.1. The van der Waals surface area contributed by atoms with E-state index in [2.05, 4.69) is 5.32 Å². The number of nitrogens with one attached hydrogen (secondary N) is 1. The number of rotatable bonds is 5. The molecule has 5 nitrogen and oxygen atoms in total. The Hall–Kier alpha value is -1.95. The molecule has 0 spiro atoms. The molecule has 0 aliphatic carbocycles. The molecule has 0 saturated carbocycles. The molecular weight excluding hydrogens is 227 g/mol. The molecule has 17 heavy (non-hydrogen) atoms. The van der Waals surface area contributed by atoms with Crippen LogP contribution in [0.3, 0.4) is 0 Å². The number of anilines is 1. The lowest BCUT2D eigenvalue weighted by molar-refractivity contribution is -0.138. The van der Waals surface area contributed by atoms with Crippen LogP contribution in [0, 0.1) is 5.82 Å². The summed E-state index contributed by atoms with van der Waals surface area (Å²) in [6, 6.07) is 4.38. The van der Waals surface area contributed by atoms with Crippen LogP contribution in [-0.2, 0) is 9.59 Å². The molecule has 1 atom stereocenters. The number of hydrogen-bond donors (Lipinski definition) is 3. The third kappa shape index (κ3) is 4.60. The van der Waals surface area contributed by atoms with Gasteiger partial charge in [-0.05, 0) is 24.6 Å².